The second kappa shape index (κ2) is 4.31. The van der Waals surface area contributed by atoms with E-state index in [1.165, 1.54) is 5.56 Å². The maximum atomic E-state index is 11.4. The van der Waals surface area contributed by atoms with Gasteiger partial charge in [-0.15, -0.1) is 0 Å². The van der Waals surface area contributed by atoms with Crippen LogP contribution >= 0.6 is 11.6 Å². The van der Waals surface area contributed by atoms with Gasteiger partial charge in [-0.2, -0.15) is 0 Å². The number of carbonyl (C=O) groups excluding carboxylic acids is 1. The topological polar surface area (TPSA) is 41.1 Å². The lowest BCUT2D eigenvalue weighted by Gasteiger charge is -2.23. The summed E-state index contributed by atoms with van der Waals surface area (Å²) in [6, 6.07) is 4.16. The van der Waals surface area contributed by atoms with Crippen molar-refractivity contribution in [3.05, 3.63) is 28.3 Å². The molecule has 0 atom stereocenters. The highest BCUT2D eigenvalue weighted by Crippen LogP contribution is 2.36. The highest BCUT2D eigenvalue weighted by molar-refractivity contribution is 6.34. The first-order chi connectivity index (χ1) is 8.24. The first-order valence-electron chi connectivity index (χ1n) is 6.07. The van der Waals surface area contributed by atoms with Crippen LogP contribution in [0.4, 0.5) is 5.69 Å². The lowest BCUT2D eigenvalue weighted by atomic mass is 9.89. The van der Waals surface area contributed by atoms with Crippen molar-refractivity contribution in [3.8, 4) is 0 Å². The molecule has 1 saturated heterocycles. The molecule has 0 bridgehead atoms. The van der Waals surface area contributed by atoms with E-state index in [1.807, 2.05) is 6.07 Å². The van der Waals surface area contributed by atoms with Crippen LogP contribution in [0.2, 0.25) is 5.02 Å². The van der Waals surface area contributed by atoms with E-state index in [0.717, 1.165) is 37.2 Å². The third-order valence-electron chi connectivity index (χ3n) is 3.62. The van der Waals surface area contributed by atoms with E-state index in [2.05, 4.69) is 16.7 Å². The van der Waals surface area contributed by atoms with Crippen LogP contribution in [-0.4, -0.2) is 19.0 Å². The highest BCUT2D eigenvalue weighted by Gasteiger charge is 2.23. The lowest BCUT2D eigenvalue weighted by molar-refractivity contribution is -0.115. The minimum absolute atomic E-state index is 0.0457. The van der Waals surface area contributed by atoms with Gasteiger partial charge in [0.25, 0.3) is 0 Å². The molecular formula is C13H15ClN2O. The average molecular weight is 251 g/mol. The van der Waals surface area contributed by atoms with E-state index in [-0.39, 0.29) is 5.91 Å². The Hall–Kier alpha value is -1.06. The lowest BCUT2D eigenvalue weighted by Crippen LogP contribution is -2.26. The summed E-state index contributed by atoms with van der Waals surface area (Å²) in [7, 11) is 0. The number of fused-ring (bicyclic) bond motifs is 1. The van der Waals surface area contributed by atoms with Crippen molar-refractivity contribution in [2.24, 2.45) is 0 Å². The zero-order valence-corrected chi connectivity index (χ0v) is 10.3. The Bertz CT molecular complexity index is 467. The number of nitrogens with one attached hydrogen (secondary N) is 2. The van der Waals surface area contributed by atoms with Crippen molar-refractivity contribution in [2.45, 2.75) is 25.2 Å². The number of carbonyl (C=O) groups is 1. The summed E-state index contributed by atoms with van der Waals surface area (Å²) in [5, 5.41) is 6.85. The Morgan fingerprint density at radius 2 is 2.00 bits per heavy atom. The number of benzene rings is 1. The maximum Gasteiger partial charge on any atom is 0.228 e. The van der Waals surface area contributed by atoms with Gasteiger partial charge in [0.1, 0.15) is 0 Å². The van der Waals surface area contributed by atoms with Gasteiger partial charge in [0, 0.05) is 0 Å². The SMILES string of the molecule is O=C1Cc2cc(C3CCNCC3)cc(Cl)c2N1. The molecule has 0 radical (unpaired) electrons. The van der Waals surface area contributed by atoms with E-state index < -0.39 is 0 Å². The summed E-state index contributed by atoms with van der Waals surface area (Å²) in [6.45, 7) is 2.13. The zero-order valence-electron chi connectivity index (χ0n) is 9.55. The van der Waals surface area contributed by atoms with Gasteiger partial charge in [0.15, 0.2) is 0 Å². The normalized spacial score (nSPS) is 20.2. The van der Waals surface area contributed by atoms with E-state index in [0.29, 0.717) is 17.4 Å². The first kappa shape index (κ1) is 11.1. The number of halogens is 1. The van der Waals surface area contributed by atoms with Gasteiger partial charge >= 0.3 is 0 Å². The fourth-order valence-corrected chi connectivity index (χ4v) is 3.01. The van der Waals surface area contributed by atoms with Crippen molar-refractivity contribution in [1.82, 2.24) is 5.32 Å². The minimum Gasteiger partial charge on any atom is -0.324 e. The number of amides is 1. The maximum absolute atomic E-state index is 11.4. The molecule has 2 heterocycles. The Morgan fingerprint density at radius 3 is 2.76 bits per heavy atom. The molecular weight excluding hydrogens is 236 g/mol. The Kier molecular flexibility index (Phi) is 2.81. The number of hydrogen-bond acceptors (Lipinski definition) is 2. The van der Waals surface area contributed by atoms with Gasteiger partial charge in [-0.05, 0) is 49.0 Å². The van der Waals surface area contributed by atoms with E-state index in [9.17, 15) is 4.79 Å². The monoisotopic (exact) mass is 250 g/mol. The molecule has 2 N–H and O–H groups in total. The molecule has 0 aliphatic carbocycles. The van der Waals surface area contributed by atoms with Crippen LogP contribution in [0.15, 0.2) is 12.1 Å². The van der Waals surface area contributed by atoms with E-state index >= 15 is 0 Å². The minimum atomic E-state index is 0.0457. The second-order valence-corrected chi connectivity index (χ2v) is 5.19. The molecule has 2 aliphatic heterocycles. The Balaban J connectivity index is 1.94. The van der Waals surface area contributed by atoms with Gasteiger partial charge in [-0.25, -0.2) is 0 Å². The Labute approximate surface area is 106 Å². The molecule has 1 aromatic carbocycles. The molecule has 4 heteroatoms. The molecule has 0 saturated carbocycles. The van der Waals surface area contributed by atoms with E-state index in [4.69, 9.17) is 11.6 Å². The fraction of sp³-hybridized carbons (Fsp3) is 0.462. The van der Waals surface area contributed by atoms with Crippen LogP contribution in [0.3, 0.4) is 0 Å². The third-order valence-corrected chi connectivity index (χ3v) is 3.92. The summed E-state index contributed by atoms with van der Waals surface area (Å²) in [6.07, 6.45) is 2.76. The molecule has 17 heavy (non-hydrogen) atoms. The zero-order chi connectivity index (χ0) is 11.8. The number of anilines is 1. The second-order valence-electron chi connectivity index (χ2n) is 4.79. The smallest absolute Gasteiger partial charge is 0.228 e. The molecule has 0 spiro atoms. The van der Waals surface area contributed by atoms with Crippen LogP contribution in [0, 0.1) is 0 Å². The fourth-order valence-electron chi connectivity index (χ4n) is 2.71. The van der Waals surface area contributed by atoms with Crippen molar-refractivity contribution in [3.63, 3.8) is 0 Å². The van der Waals surface area contributed by atoms with Crippen molar-refractivity contribution in [1.29, 1.82) is 0 Å². The predicted molar refractivity (Wildman–Crippen MR) is 68.6 cm³/mol. The molecule has 0 unspecified atom stereocenters. The van der Waals surface area contributed by atoms with Gasteiger partial charge in [-0.3, -0.25) is 4.79 Å². The van der Waals surface area contributed by atoms with Crippen LogP contribution in [0.25, 0.3) is 0 Å². The molecule has 1 amide bonds. The first-order valence-corrected chi connectivity index (χ1v) is 6.45. The van der Waals surface area contributed by atoms with Crippen molar-refractivity contribution < 1.29 is 4.79 Å². The predicted octanol–water partition coefficient (Wildman–Crippen LogP) is 2.30. The van der Waals surface area contributed by atoms with Gasteiger partial charge in [0.05, 0.1) is 17.1 Å². The summed E-state index contributed by atoms with van der Waals surface area (Å²) < 4.78 is 0. The van der Waals surface area contributed by atoms with Gasteiger partial charge in [-0.1, -0.05) is 17.7 Å². The molecule has 90 valence electrons. The summed E-state index contributed by atoms with van der Waals surface area (Å²) in [4.78, 5) is 11.4. The highest BCUT2D eigenvalue weighted by atomic mass is 35.5. The molecule has 1 fully saturated rings. The van der Waals surface area contributed by atoms with Crippen LogP contribution in [0.5, 0.6) is 0 Å². The molecule has 3 rings (SSSR count). The summed E-state index contributed by atoms with van der Waals surface area (Å²) >= 11 is 6.23. The molecule has 3 nitrogen and oxygen atoms in total. The van der Waals surface area contributed by atoms with Crippen LogP contribution in [-0.2, 0) is 11.2 Å². The number of rotatable bonds is 1. The van der Waals surface area contributed by atoms with E-state index in [1.54, 1.807) is 0 Å². The quantitative estimate of drug-likeness (QED) is 0.803. The number of hydrogen-bond donors (Lipinski definition) is 2. The summed E-state index contributed by atoms with van der Waals surface area (Å²) in [5.41, 5.74) is 3.15. The van der Waals surface area contributed by atoms with Gasteiger partial charge < -0.3 is 10.6 Å². The Morgan fingerprint density at radius 1 is 1.24 bits per heavy atom. The average Bonchev–Trinajstić information content (AvgIpc) is 2.71. The summed E-state index contributed by atoms with van der Waals surface area (Å²) in [5.74, 6) is 0.624. The largest absolute Gasteiger partial charge is 0.324 e. The van der Waals surface area contributed by atoms with Crippen molar-refractivity contribution in [2.75, 3.05) is 18.4 Å². The third kappa shape index (κ3) is 2.05. The van der Waals surface area contributed by atoms with Crippen LogP contribution < -0.4 is 10.6 Å². The molecule has 0 aromatic heterocycles. The van der Waals surface area contributed by atoms with Gasteiger partial charge in [0.2, 0.25) is 5.91 Å². The molecule has 2 aliphatic rings. The molecule has 1 aromatic rings. The van der Waals surface area contributed by atoms with Crippen molar-refractivity contribution >= 4 is 23.2 Å². The van der Waals surface area contributed by atoms with Crippen LogP contribution in [0.1, 0.15) is 29.9 Å². The standard InChI is InChI=1S/C13H15ClN2O/c14-11-6-9(8-1-3-15-4-2-8)5-10-7-12(17)16-13(10)11/h5-6,8,15H,1-4,7H2,(H,16,17). The number of piperidine rings is 1.